The number of hydrogen-bond donors (Lipinski definition) is 2. The van der Waals surface area contributed by atoms with Crippen LogP contribution in [-0.2, 0) is 11.2 Å². The molecule has 1 atom stereocenters. The molecule has 1 aromatic carbocycles. The van der Waals surface area contributed by atoms with Gasteiger partial charge in [-0.1, -0.05) is 12.1 Å². The summed E-state index contributed by atoms with van der Waals surface area (Å²) in [7, 11) is 1.90. The van der Waals surface area contributed by atoms with Crippen molar-refractivity contribution >= 4 is 5.97 Å². The fourth-order valence-electron chi connectivity index (χ4n) is 1.96. The van der Waals surface area contributed by atoms with Gasteiger partial charge in [-0.2, -0.15) is 0 Å². The number of carboxylic acid groups (broad SMARTS) is 1. The summed E-state index contributed by atoms with van der Waals surface area (Å²) in [6.45, 7) is 3.04. The molecular weight excluding hydrogens is 247 g/mol. The highest BCUT2D eigenvalue weighted by molar-refractivity contribution is 5.67. The quantitative estimate of drug-likeness (QED) is 0.784. The van der Waals surface area contributed by atoms with Crippen molar-refractivity contribution in [2.45, 2.75) is 25.8 Å². The maximum atomic E-state index is 13.1. The van der Waals surface area contributed by atoms with Crippen LogP contribution in [0.15, 0.2) is 18.2 Å². The zero-order chi connectivity index (χ0) is 14.4. The molecule has 0 saturated carbocycles. The lowest BCUT2D eigenvalue weighted by Crippen LogP contribution is -2.37. The third-order valence-corrected chi connectivity index (χ3v) is 2.99. The average Bonchev–Trinajstić information content (AvgIpc) is 2.29. The van der Waals surface area contributed by atoms with Gasteiger partial charge in [0.2, 0.25) is 0 Å². The standard InChI is InChI=1S/C14H21FN2O2/c1-10-7-11(3-4-13(10)15)5-6-17(2)9-12(16)8-14(18)19/h3-4,7,12H,5-6,8-9,16H2,1-2H3,(H,18,19). The minimum absolute atomic E-state index is 0.0278. The SMILES string of the molecule is Cc1cc(CCN(C)CC(N)CC(=O)O)ccc1F. The van der Waals surface area contributed by atoms with E-state index >= 15 is 0 Å². The predicted molar refractivity (Wildman–Crippen MR) is 72.6 cm³/mol. The van der Waals surface area contributed by atoms with Gasteiger partial charge < -0.3 is 15.7 Å². The van der Waals surface area contributed by atoms with Crippen molar-refractivity contribution in [1.82, 2.24) is 4.90 Å². The molecule has 0 fully saturated rings. The van der Waals surface area contributed by atoms with E-state index in [2.05, 4.69) is 0 Å². The summed E-state index contributed by atoms with van der Waals surface area (Å²) in [5.41, 5.74) is 7.42. The molecule has 5 heteroatoms. The Balaban J connectivity index is 2.39. The fraction of sp³-hybridized carbons (Fsp3) is 0.500. The van der Waals surface area contributed by atoms with Crippen LogP contribution in [0.5, 0.6) is 0 Å². The number of rotatable bonds is 7. The van der Waals surface area contributed by atoms with Crippen LogP contribution < -0.4 is 5.73 Å². The molecule has 106 valence electrons. The summed E-state index contributed by atoms with van der Waals surface area (Å²) in [5.74, 6) is -1.07. The van der Waals surface area contributed by atoms with E-state index in [4.69, 9.17) is 10.8 Å². The van der Waals surface area contributed by atoms with Crippen LogP contribution in [0.4, 0.5) is 4.39 Å². The van der Waals surface area contributed by atoms with E-state index in [1.165, 1.54) is 6.07 Å². The van der Waals surface area contributed by atoms with Gasteiger partial charge in [-0.15, -0.1) is 0 Å². The molecule has 0 heterocycles. The van der Waals surface area contributed by atoms with Crippen molar-refractivity contribution in [2.24, 2.45) is 5.73 Å². The number of likely N-dealkylation sites (N-methyl/N-ethyl adjacent to an activating group) is 1. The molecule has 0 aliphatic carbocycles. The maximum absolute atomic E-state index is 13.1. The Labute approximate surface area is 113 Å². The lowest BCUT2D eigenvalue weighted by molar-refractivity contribution is -0.137. The van der Waals surface area contributed by atoms with Crippen molar-refractivity contribution in [3.05, 3.63) is 35.1 Å². The molecule has 0 aromatic heterocycles. The topological polar surface area (TPSA) is 66.6 Å². The van der Waals surface area contributed by atoms with Gasteiger partial charge in [0.05, 0.1) is 6.42 Å². The molecule has 0 aliphatic rings. The maximum Gasteiger partial charge on any atom is 0.304 e. The Morgan fingerprint density at radius 2 is 2.21 bits per heavy atom. The Kier molecular flexibility index (Phi) is 5.92. The van der Waals surface area contributed by atoms with Crippen molar-refractivity contribution in [1.29, 1.82) is 0 Å². The Bertz CT molecular complexity index is 437. The first kappa shape index (κ1) is 15.6. The van der Waals surface area contributed by atoms with Gasteiger partial charge in [-0.25, -0.2) is 4.39 Å². The summed E-state index contributed by atoms with van der Waals surface area (Å²) in [5, 5.41) is 8.63. The second kappa shape index (κ2) is 7.21. The highest BCUT2D eigenvalue weighted by Gasteiger charge is 2.10. The third kappa shape index (κ3) is 5.81. The average molecular weight is 268 g/mol. The van der Waals surface area contributed by atoms with Gasteiger partial charge in [-0.3, -0.25) is 4.79 Å². The van der Waals surface area contributed by atoms with Gasteiger partial charge in [0, 0.05) is 19.1 Å². The molecule has 0 aliphatic heterocycles. The smallest absolute Gasteiger partial charge is 0.304 e. The molecule has 0 radical (unpaired) electrons. The molecular formula is C14H21FN2O2. The van der Waals surface area contributed by atoms with Crippen LogP contribution in [0.3, 0.4) is 0 Å². The summed E-state index contributed by atoms with van der Waals surface area (Å²) >= 11 is 0. The van der Waals surface area contributed by atoms with Crippen molar-refractivity contribution in [3.8, 4) is 0 Å². The first-order valence-corrected chi connectivity index (χ1v) is 6.29. The molecule has 1 aromatic rings. The van der Waals surface area contributed by atoms with Crippen LogP contribution in [0, 0.1) is 12.7 Å². The first-order chi connectivity index (χ1) is 8.88. The predicted octanol–water partition coefficient (Wildman–Crippen LogP) is 1.41. The first-order valence-electron chi connectivity index (χ1n) is 6.29. The Morgan fingerprint density at radius 1 is 1.53 bits per heavy atom. The van der Waals surface area contributed by atoms with E-state index in [9.17, 15) is 9.18 Å². The van der Waals surface area contributed by atoms with E-state index in [-0.39, 0.29) is 18.3 Å². The molecule has 0 amide bonds. The van der Waals surface area contributed by atoms with Crippen molar-refractivity contribution in [3.63, 3.8) is 0 Å². The van der Waals surface area contributed by atoms with Gasteiger partial charge in [-0.05, 0) is 37.6 Å². The van der Waals surface area contributed by atoms with Crippen LogP contribution in [0.25, 0.3) is 0 Å². The van der Waals surface area contributed by atoms with E-state index in [1.807, 2.05) is 18.0 Å². The third-order valence-electron chi connectivity index (χ3n) is 2.99. The number of carbonyl (C=O) groups is 1. The summed E-state index contributed by atoms with van der Waals surface area (Å²) in [4.78, 5) is 12.5. The van der Waals surface area contributed by atoms with E-state index in [1.54, 1.807) is 13.0 Å². The van der Waals surface area contributed by atoms with E-state index in [0.717, 1.165) is 18.5 Å². The zero-order valence-corrected chi connectivity index (χ0v) is 11.4. The Hall–Kier alpha value is -1.46. The van der Waals surface area contributed by atoms with Crippen molar-refractivity contribution in [2.75, 3.05) is 20.1 Å². The molecule has 3 N–H and O–H groups in total. The molecule has 0 saturated heterocycles. The highest BCUT2D eigenvalue weighted by atomic mass is 19.1. The minimum atomic E-state index is -0.880. The molecule has 0 bridgehead atoms. The lowest BCUT2D eigenvalue weighted by Gasteiger charge is -2.20. The van der Waals surface area contributed by atoms with Crippen LogP contribution in [0.2, 0.25) is 0 Å². The van der Waals surface area contributed by atoms with Gasteiger partial charge in [0.15, 0.2) is 0 Å². The summed E-state index contributed by atoms with van der Waals surface area (Å²) in [6, 6.07) is 4.71. The monoisotopic (exact) mass is 268 g/mol. The zero-order valence-electron chi connectivity index (χ0n) is 11.4. The number of aliphatic carboxylic acids is 1. The van der Waals surface area contributed by atoms with E-state index < -0.39 is 5.97 Å². The second-order valence-corrected chi connectivity index (χ2v) is 4.95. The van der Waals surface area contributed by atoms with E-state index in [0.29, 0.717) is 12.1 Å². The van der Waals surface area contributed by atoms with Gasteiger partial charge in [0.1, 0.15) is 5.82 Å². The normalized spacial score (nSPS) is 12.7. The largest absolute Gasteiger partial charge is 0.481 e. The Morgan fingerprint density at radius 3 is 2.79 bits per heavy atom. The number of nitrogens with zero attached hydrogens (tertiary/aromatic N) is 1. The molecule has 19 heavy (non-hydrogen) atoms. The fourth-order valence-corrected chi connectivity index (χ4v) is 1.96. The van der Waals surface area contributed by atoms with Gasteiger partial charge in [0.25, 0.3) is 0 Å². The number of carboxylic acids is 1. The molecule has 1 unspecified atom stereocenters. The molecule has 0 spiro atoms. The van der Waals surface area contributed by atoms with Crippen molar-refractivity contribution < 1.29 is 14.3 Å². The molecule has 4 nitrogen and oxygen atoms in total. The molecule has 1 rings (SSSR count). The van der Waals surface area contributed by atoms with Crippen LogP contribution in [-0.4, -0.2) is 42.2 Å². The summed E-state index contributed by atoms with van der Waals surface area (Å²) < 4.78 is 13.1. The summed E-state index contributed by atoms with van der Waals surface area (Å²) in [6.07, 6.45) is 0.761. The number of hydrogen-bond acceptors (Lipinski definition) is 3. The second-order valence-electron chi connectivity index (χ2n) is 4.95. The number of nitrogens with two attached hydrogens (primary N) is 1. The number of aryl methyl sites for hydroxylation is 1. The highest BCUT2D eigenvalue weighted by Crippen LogP contribution is 2.10. The van der Waals surface area contributed by atoms with Crippen LogP contribution >= 0.6 is 0 Å². The van der Waals surface area contributed by atoms with Gasteiger partial charge >= 0.3 is 5.97 Å². The number of halogens is 1. The number of benzene rings is 1. The van der Waals surface area contributed by atoms with Crippen LogP contribution in [0.1, 0.15) is 17.5 Å². The minimum Gasteiger partial charge on any atom is -0.481 e. The lowest BCUT2D eigenvalue weighted by atomic mass is 10.1.